The van der Waals surface area contributed by atoms with E-state index in [9.17, 15) is 4.39 Å². The van der Waals surface area contributed by atoms with Crippen LogP contribution in [0.2, 0.25) is 0 Å². The number of nitrogens with zero attached hydrogens (tertiary/aromatic N) is 4. The lowest BCUT2D eigenvalue weighted by Crippen LogP contribution is -3.14. The van der Waals surface area contributed by atoms with E-state index < -0.39 is 0 Å². The monoisotopic (exact) mass is 386 g/mol. The third-order valence-electron chi connectivity index (χ3n) is 5.02. The van der Waals surface area contributed by atoms with Gasteiger partial charge < -0.3 is 9.47 Å². The van der Waals surface area contributed by atoms with Gasteiger partial charge in [0.25, 0.3) is 5.82 Å². The third-order valence-corrected chi connectivity index (χ3v) is 5.51. The lowest BCUT2D eigenvalue weighted by molar-refractivity contribution is -0.924. The number of hydrogen-bond acceptors (Lipinski definition) is 3. The van der Waals surface area contributed by atoms with E-state index in [2.05, 4.69) is 22.0 Å². The molecule has 3 heterocycles. The minimum atomic E-state index is -0.252. The van der Waals surface area contributed by atoms with Gasteiger partial charge in [-0.15, -0.1) is 5.10 Å². The van der Waals surface area contributed by atoms with E-state index in [1.54, 1.807) is 12.1 Å². The van der Waals surface area contributed by atoms with Crippen LogP contribution in [0.25, 0.3) is 11.4 Å². The second-order valence-electron chi connectivity index (χ2n) is 6.81. The van der Waals surface area contributed by atoms with Crippen LogP contribution in [0.5, 0.6) is 0 Å². The number of hydrogen-bond donors (Lipinski definition) is 1. The molecule has 27 heavy (non-hydrogen) atoms. The number of piperazine rings is 1. The molecular formula is C19H23FN6S+2. The number of aromatic amines is 1. The highest BCUT2D eigenvalue weighted by Crippen LogP contribution is 2.17. The number of rotatable bonds is 4. The highest BCUT2D eigenvalue weighted by molar-refractivity contribution is 7.71. The van der Waals surface area contributed by atoms with Gasteiger partial charge >= 0.3 is 0 Å². The fourth-order valence-electron chi connectivity index (χ4n) is 3.46. The van der Waals surface area contributed by atoms with E-state index in [0.29, 0.717) is 4.77 Å². The largest absolute Gasteiger partial charge is 0.310 e. The molecule has 0 saturated carbocycles. The molecule has 140 valence electrons. The summed E-state index contributed by atoms with van der Waals surface area (Å²) in [4.78, 5) is 7.11. The molecule has 6 nitrogen and oxygen atoms in total. The first-order valence-corrected chi connectivity index (χ1v) is 9.47. The molecule has 0 aliphatic carbocycles. The lowest BCUT2D eigenvalue weighted by Gasteiger charge is -2.27. The van der Waals surface area contributed by atoms with E-state index in [1.165, 1.54) is 17.0 Å². The first kappa shape index (κ1) is 17.8. The summed E-state index contributed by atoms with van der Waals surface area (Å²) >= 11 is 5.57. The van der Waals surface area contributed by atoms with E-state index in [0.717, 1.165) is 50.1 Å². The third kappa shape index (κ3) is 3.77. The number of quaternary nitrogens is 1. The normalized spacial score (nSPS) is 15.3. The Balaban J connectivity index is 1.45. The number of aromatic nitrogens is 4. The molecule has 1 saturated heterocycles. The molecule has 3 aromatic rings. The maximum Gasteiger partial charge on any atom is 0.274 e. The molecule has 0 atom stereocenters. The first-order chi connectivity index (χ1) is 13.1. The molecule has 0 amide bonds. The fraction of sp³-hybridized carbons (Fsp3) is 0.316. The minimum absolute atomic E-state index is 0.252. The zero-order chi connectivity index (χ0) is 18.8. The smallest absolute Gasteiger partial charge is 0.274 e. The number of nitrogens with one attached hydrogen (secondary N) is 2. The molecule has 4 rings (SSSR count). The summed E-state index contributed by atoms with van der Waals surface area (Å²) in [5.41, 5.74) is 0.864. The molecule has 0 radical (unpaired) electrons. The Morgan fingerprint density at radius 2 is 1.89 bits per heavy atom. The number of pyridine rings is 1. The van der Waals surface area contributed by atoms with Crippen LogP contribution in [-0.2, 0) is 13.7 Å². The van der Waals surface area contributed by atoms with Crippen molar-refractivity contribution in [3.63, 3.8) is 0 Å². The zero-order valence-electron chi connectivity index (χ0n) is 15.2. The van der Waals surface area contributed by atoms with Crippen molar-refractivity contribution in [2.45, 2.75) is 6.67 Å². The van der Waals surface area contributed by atoms with Gasteiger partial charge in [0.1, 0.15) is 32.0 Å². The summed E-state index contributed by atoms with van der Waals surface area (Å²) < 4.78 is 17.6. The lowest BCUT2D eigenvalue weighted by atomic mass is 10.2. The Kier molecular flexibility index (Phi) is 5.00. The molecular weight excluding hydrogens is 363 g/mol. The number of benzene rings is 1. The van der Waals surface area contributed by atoms with Gasteiger partial charge in [-0.1, -0.05) is 6.07 Å². The van der Waals surface area contributed by atoms with Gasteiger partial charge in [-0.2, -0.15) is 4.68 Å². The number of anilines is 1. The second-order valence-corrected chi connectivity index (χ2v) is 7.18. The van der Waals surface area contributed by atoms with Crippen LogP contribution in [0.15, 0.2) is 48.7 Å². The fourth-order valence-corrected chi connectivity index (χ4v) is 3.65. The molecule has 8 heteroatoms. The van der Waals surface area contributed by atoms with Crippen LogP contribution < -0.4 is 14.8 Å². The number of H-pyrrole nitrogens is 1. The van der Waals surface area contributed by atoms with Crippen molar-refractivity contribution in [1.29, 1.82) is 0 Å². The maximum atomic E-state index is 13.2. The van der Waals surface area contributed by atoms with Crippen molar-refractivity contribution < 1.29 is 14.3 Å². The Bertz CT molecular complexity index is 958. The van der Waals surface area contributed by atoms with Gasteiger partial charge in [0.15, 0.2) is 12.5 Å². The van der Waals surface area contributed by atoms with Crippen LogP contribution in [0.4, 0.5) is 10.2 Å². The Labute approximate surface area is 162 Å². The van der Waals surface area contributed by atoms with Crippen molar-refractivity contribution in [3.8, 4) is 11.4 Å². The molecule has 0 bridgehead atoms. The van der Waals surface area contributed by atoms with Crippen LogP contribution in [0, 0.1) is 10.6 Å². The van der Waals surface area contributed by atoms with Crippen LogP contribution >= 0.6 is 12.2 Å². The van der Waals surface area contributed by atoms with Crippen molar-refractivity contribution >= 4 is 18.0 Å². The van der Waals surface area contributed by atoms with Crippen molar-refractivity contribution in [1.82, 2.24) is 14.3 Å². The van der Waals surface area contributed by atoms with E-state index in [1.807, 2.05) is 28.6 Å². The molecule has 1 aliphatic rings. The maximum absolute atomic E-state index is 13.2. The average molecular weight is 387 g/mol. The standard InChI is InChI=1S/C19H21FN6S/c1-23-18(15-5-7-16(20)8-6-15)22-26(19(23)27)14-24-10-12-25(13-11-24)17-4-2-3-9-21-17/h2-9H,10-14H2,1H3/p+2. The summed E-state index contributed by atoms with van der Waals surface area (Å²) in [6, 6.07) is 12.5. The Morgan fingerprint density at radius 3 is 2.56 bits per heavy atom. The Morgan fingerprint density at radius 1 is 1.15 bits per heavy atom. The summed E-state index contributed by atoms with van der Waals surface area (Å²) in [7, 11) is 1.91. The van der Waals surface area contributed by atoms with Gasteiger partial charge in [-0.05, 0) is 42.5 Å². The molecule has 0 spiro atoms. The number of halogens is 1. The van der Waals surface area contributed by atoms with Gasteiger partial charge in [0, 0.05) is 18.7 Å². The highest BCUT2D eigenvalue weighted by Gasteiger charge is 2.26. The predicted molar refractivity (Wildman–Crippen MR) is 103 cm³/mol. The summed E-state index contributed by atoms with van der Waals surface area (Å²) in [6.07, 6.45) is 1.96. The quantitative estimate of drug-likeness (QED) is 0.679. The van der Waals surface area contributed by atoms with E-state index >= 15 is 0 Å². The SMILES string of the molecule is Cn1c(-c2ccc(F)cc2)nn(C[NH+]2CCN(c3cccc[nH+]3)CC2)c1=S. The van der Waals surface area contributed by atoms with Crippen molar-refractivity contribution in [3.05, 3.63) is 59.2 Å². The highest BCUT2D eigenvalue weighted by atomic mass is 32.1. The zero-order valence-corrected chi connectivity index (χ0v) is 16.0. The summed E-state index contributed by atoms with van der Waals surface area (Å²) in [5, 5.41) is 4.69. The molecule has 2 aromatic heterocycles. The van der Waals surface area contributed by atoms with E-state index in [4.69, 9.17) is 17.3 Å². The molecule has 1 aliphatic heterocycles. The van der Waals surface area contributed by atoms with E-state index in [-0.39, 0.29) is 5.82 Å². The van der Waals surface area contributed by atoms with Crippen molar-refractivity contribution in [2.75, 3.05) is 31.1 Å². The molecule has 0 unspecified atom stereocenters. The van der Waals surface area contributed by atoms with Gasteiger partial charge in [-0.3, -0.25) is 4.90 Å². The van der Waals surface area contributed by atoms with Crippen molar-refractivity contribution in [2.24, 2.45) is 7.05 Å². The van der Waals surface area contributed by atoms with Gasteiger partial charge in [0.05, 0.1) is 6.20 Å². The molecule has 1 aromatic carbocycles. The van der Waals surface area contributed by atoms with Gasteiger partial charge in [0.2, 0.25) is 4.77 Å². The van der Waals surface area contributed by atoms with Gasteiger partial charge in [-0.25, -0.2) is 9.37 Å². The summed E-state index contributed by atoms with van der Waals surface area (Å²) in [5.74, 6) is 1.67. The molecule has 1 fully saturated rings. The second kappa shape index (κ2) is 7.58. The topological polar surface area (TPSA) is 44.6 Å². The predicted octanol–water partition coefficient (Wildman–Crippen LogP) is 0.934. The minimum Gasteiger partial charge on any atom is -0.310 e. The van der Waals surface area contributed by atoms with Crippen LogP contribution in [-0.4, -0.2) is 40.5 Å². The Hall–Kier alpha value is -2.58. The molecule has 2 N–H and O–H groups in total. The van der Waals surface area contributed by atoms with Crippen LogP contribution in [0.1, 0.15) is 0 Å². The first-order valence-electron chi connectivity index (χ1n) is 9.07. The van der Waals surface area contributed by atoms with Crippen LogP contribution in [0.3, 0.4) is 0 Å². The average Bonchev–Trinajstić information content (AvgIpc) is 2.98. The summed E-state index contributed by atoms with van der Waals surface area (Å²) in [6.45, 7) is 4.75.